The maximum absolute atomic E-state index is 13.6. The number of aryl methyl sites for hydroxylation is 1. The third-order valence-corrected chi connectivity index (χ3v) is 3.41. The van der Waals surface area contributed by atoms with Gasteiger partial charge in [-0.25, -0.2) is 13.2 Å². The van der Waals surface area contributed by atoms with Gasteiger partial charge in [0, 0.05) is 19.3 Å². The van der Waals surface area contributed by atoms with Crippen LogP contribution in [0, 0.1) is 23.3 Å². The van der Waals surface area contributed by atoms with Crippen LogP contribution >= 0.6 is 0 Å². The molecule has 2 aromatic heterocycles. The molecule has 0 aliphatic heterocycles. The Balaban J connectivity index is 2.01. The summed E-state index contributed by atoms with van der Waals surface area (Å²) in [5, 5.41) is 6.70. The van der Waals surface area contributed by atoms with Crippen LogP contribution in [-0.2, 0) is 13.6 Å². The maximum atomic E-state index is 13.6. The van der Waals surface area contributed by atoms with Crippen molar-refractivity contribution in [1.82, 2.24) is 19.3 Å². The Morgan fingerprint density at radius 3 is 2.40 bits per heavy atom. The normalized spacial score (nSPS) is 10.9. The van der Waals surface area contributed by atoms with Crippen LogP contribution in [0.5, 0.6) is 0 Å². The van der Waals surface area contributed by atoms with Crippen LogP contribution in [0.4, 0.5) is 29.3 Å². The third-order valence-electron chi connectivity index (χ3n) is 3.41. The fourth-order valence-corrected chi connectivity index (χ4v) is 2.19. The molecule has 1 aromatic carbocycles. The molecule has 3 aromatic rings. The number of anilines is 2. The fraction of sp³-hybridized carbons (Fsp3) is 0.133. The van der Waals surface area contributed by atoms with Crippen molar-refractivity contribution in [3.63, 3.8) is 0 Å². The molecule has 0 saturated heterocycles. The molecule has 2 heterocycles. The van der Waals surface area contributed by atoms with Crippen LogP contribution in [0.15, 0.2) is 35.4 Å². The van der Waals surface area contributed by atoms with E-state index < -0.39 is 28.8 Å². The standard InChI is InChI=1S/C15H11F4N5O/c1-23-12(2-3-20-23)21-15-22-14(25)11(18)7-24(15)6-8-4-9(16)13(19)10(17)5-8/h2-5,7H,6H2,1H3,(H,21,22,25). The first-order chi connectivity index (χ1) is 11.8. The molecular formula is C15H11F4N5O. The summed E-state index contributed by atoms with van der Waals surface area (Å²) in [6, 6.07) is 3.14. The number of aromatic nitrogens is 4. The Bertz CT molecular complexity index is 975. The SMILES string of the molecule is Cn1nccc1Nc1nc(=O)c(F)cn1Cc1cc(F)c(F)c(F)c1. The van der Waals surface area contributed by atoms with Crippen LogP contribution in [0.2, 0.25) is 0 Å². The van der Waals surface area contributed by atoms with E-state index in [0.29, 0.717) is 5.82 Å². The molecule has 0 unspecified atom stereocenters. The molecule has 0 radical (unpaired) electrons. The van der Waals surface area contributed by atoms with Crippen molar-refractivity contribution in [3.8, 4) is 0 Å². The van der Waals surface area contributed by atoms with Crippen molar-refractivity contribution in [2.24, 2.45) is 7.05 Å². The Hall–Kier alpha value is -3.17. The Morgan fingerprint density at radius 1 is 1.12 bits per heavy atom. The topological polar surface area (TPSA) is 64.7 Å². The van der Waals surface area contributed by atoms with E-state index in [1.165, 1.54) is 10.9 Å². The summed E-state index contributed by atoms with van der Waals surface area (Å²) in [7, 11) is 1.62. The highest BCUT2D eigenvalue weighted by molar-refractivity contribution is 5.48. The highest BCUT2D eigenvalue weighted by Crippen LogP contribution is 2.17. The van der Waals surface area contributed by atoms with Crippen molar-refractivity contribution in [2.75, 3.05) is 5.32 Å². The summed E-state index contributed by atoms with van der Waals surface area (Å²) in [6.45, 7) is -0.251. The van der Waals surface area contributed by atoms with Gasteiger partial charge in [0.05, 0.1) is 12.7 Å². The monoisotopic (exact) mass is 353 g/mol. The molecular weight excluding hydrogens is 342 g/mol. The van der Waals surface area contributed by atoms with Crippen molar-refractivity contribution in [1.29, 1.82) is 0 Å². The van der Waals surface area contributed by atoms with Gasteiger partial charge in [-0.3, -0.25) is 9.48 Å². The van der Waals surface area contributed by atoms with E-state index in [9.17, 15) is 22.4 Å². The molecule has 130 valence electrons. The summed E-state index contributed by atoms with van der Waals surface area (Å²) in [5.41, 5.74) is -1.08. The molecule has 0 atom stereocenters. The lowest BCUT2D eigenvalue weighted by Crippen LogP contribution is -2.20. The molecule has 3 rings (SSSR count). The van der Waals surface area contributed by atoms with Crippen molar-refractivity contribution >= 4 is 11.8 Å². The lowest BCUT2D eigenvalue weighted by Gasteiger charge is -2.14. The van der Waals surface area contributed by atoms with Crippen molar-refractivity contribution in [3.05, 3.63) is 69.8 Å². The van der Waals surface area contributed by atoms with Crippen LogP contribution < -0.4 is 10.9 Å². The maximum Gasteiger partial charge on any atom is 0.310 e. The van der Waals surface area contributed by atoms with Gasteiger partial charge in [0.1, 0.15) is 5.82 Å². The molecule has 0 bridgehead atoms. The minimum atomic E-state index is -1.60. The van der Waals surface area contributed by atoms with Gasteiger partial charge in [0.15, 0.2) is 17.5 Å². The molecule has 6 nitrogen and oxygen atoms in total. The number of hydrogen-bond acceptors (Lipinski definition) is 4. The van der Waals surface area contributed by atoms with Gasteiger partial charge in [-0.1, -0.05) is 0 Å². The third kappa shape index (κ3) is 3.37. The first-order valence-corrected chi connectivity index (χ1v) is 7.00. The molecule has 0 fully saturated rings. The minimum absolute atomic E-state index is 0.0225. The van der Waals surface area contributed by atoms with Crippen LogP contribution in [0.1, 0.15) is 5.56 Å². The minimum Gasteiger partial charge on any atom is -0.311 e. The zero-order valence-electron chi connectivity index (χ0n) is 12.8. The average molecular weight is 353 g/mol. The summed E-state index contributed by atoms with van der Waals surface area (Å²) in [6.07, 6.45) is 2.33. The smallest absolute Gasteiger partial charge is 0.310 e. The van der Waals surface area contributed by atoms with E-state index in [2.05, 4.69) is 15.4 Å². The van der Waals surface area contributed by atoms with E-state index >= 15 is 0 Å². The molecule has 0 saturated carbocycles. The molecule has 0 aliphatic rings. The molecule has 25 heavy (non-hydrogen) atoms. The Kier molecular flexibility index (Phi) is 4.26. The number of nitrogens with one attached hydrogen (secondary N) is 1. The van der Waals surface area contributed by atoms with Crippen molar-refractivity contribution in [2.45, 2.75) is 6.54 Å². The van der Waals surface area contributed by atoms with E-state index in [-0.39, 0.29) is 18.1 Å². The predicted octanol–water partition coefficient (Wildman–Crippen LogP) is 2.33. The quantitative estimate of drug-likeness (QED) is 0.578. The summed E-state index contributed by atoms with van der Waals surface area (Å²) in [4.78, 5) is 15.0. The molecule has 10 heteroatoms. The largest absolute Gasteiger partial charge is 0.311 e. The Labute approximate surface area is 138 Å². The summed E-state index contributed by atoms with van der Waals surface area (Å²) < 4.78 is 55.9. The second-order valence-electron chi connectivity index (χ2n) is 5.18. The number of halogens is 4. The predicted molar refractivity (Wildman–Crippen MR) is 80.4 cm³/mol. The number of hydrogen-bond donors (Lipinski definition) is 1. The van der Waals surface area contributed by atoms with E-state index in [1.54, 1.807) is 13.1 Å². The zero-order valence-corrected chi connectivity index (χ0v) is 12.8. The fourth-order valence-electron chi connectivity index (χ4n) is 2.19. The first kappa shape index (κ1) is 16.7. The summed E-state index contributed by atoms with van der Waals surface area (Å²) >= 11 is 0. The molecule has 0 amide bonds. The van der Waals surface area contributed by atoms with Crippen LogP contribution in [0.25, 0.3) is 0 Å². The molecule has 0 aliphatic carbocycles. The van der Waals surface area contributed by atoms with Gasteiger partial charge in [-0.15, -0.1) is 0 Å². The van der Waals surface area contributed by atoms with Gasteiger partial charge >= 0.3 is 5.56 Å². The van der Waals surface area contributed by atoms with E-state index in [1.807, 2.05) is 0 Å². The Morgan fingerprint density at radius 2 is 1.80 bits per heavy atom. The van der Waals surface area contributed by atoms with E-state index in [0.717, 1.165) is 22.9 Å². The van der Waals surface area contributed by atoms with Gasteiger partial charge in [-0.05, 0) is 17.7 Å². The van der Waals surface area contributed by atoms with Crippen LogP contribution in [0.3, 0.4) is 0 Å². The second-order valence-corrected chi connectivity index (χ2v) is 5.18. The van der Waals surface area contributed by atoms with Gasteiger partial charge < -0.3 is 9.88 Å². The first-order valence-electron chi connectivity index (χ1n) is 7.00. The zero-order chi connectivity index (χ0) is 18.1. The highest BCUT2D eigenvalue weighted by Gasteiger charge is 2.14. The molecule has 1 N–H and O–H groups in total. The molecule has 0 spiro atoms. The highest BCUT2D eigenvalue weighted by atomic mass is 19.2. The number of rotatable bonds is 4. The van der Waals surface area contributed by atoms with Crippen LogP contribution in [-0.4, -0.2) is 19.3 Å². The average Bonchev–Trinajstić information content (AvgIpc) is 2.95. The van der Waals surface area contributed by atoms with Gasteiger partial charge in [0.2, 0.25) is 11.8 Å². The lowest BCUT2D eigenvalue weighted by molar-refractivity contribution is 0.444. The second kappa shape index (κ2) is 6.38. The number of benzene rings is 1. The lowest BCUT2D eigenvalue weighted by atomic mass is 10.2. The van der Waals surface area contributed by atoms with Gasteiger partial charge in [-0.2, -0.15) is 14.5 Å². The number of nitrogens with zero attached hydrogens (tertiary/aromatic N) is 4. The summed E-state index contributed by atoms with van der Waals surface area (Å²) in [5.74, 6) is -5.10. The van der Waals surface area contributed by atoms with Gasteiger partial charge in [0.25, 0.3) is 0 Å². The van der Waals surface area contributed by atoms with E-state index in [4.69, 9.17) is 0 Å². The van der Waals surface area contributed by atoms with Crippen molar-refractivity contribution < 1.29 is 17.6 Å².